The van der Waals surface area contributed by atoms with Crippen LogP contribution in [-0.2, 0) is 28.6 Å². The standard InChI is InChI=1S/C56H90O6/c1-4-7-10-13-16-18-20-22-24-25-26-27-28-29-30-31-33-34-36-38-40-43-46-49-55(58)61-52-53(51-60-54(57)48-45-42-15-12-9-6-3)62-56(59)50-47-44-41-39-37-35-32-23-21-19-17-14-11-8-5-2/h7-8,10-11,16-19,22-24,26-27,29-30,32,37,39,53H,4-6,9,12-15,20-21,25,28,31,33-36,38,40-52H2,1-3H3/b10-7-,11-8-,18-16-,19-17-,24-22-,27-26-,30-29-,32-23-,39-37-. The average Bonchev–Trinajstić information content (AvgIpc) is 3.27. The Kier molecular flexibility index (Phi) is 46.6. The highest BCUT2D eigenvalue weighted by atomic mass is 16.6. The van der Waals surface area contributed by atoms with Gasteiger partial charge in [-0.15, -0.1) is 0 Å². The van der Waals surface area contributed by atoms with Crippen molar-refractivity contribution in [2.75, 3.05) is 13.2 Å². The molecule has 0 aliphatic heterocycles. The second kappa shape index (κ2) is 49.7. The molecule has 0 fully saturated rings. The molecule has 0 saturated heterocycles. The summed E-state index contributed by atoms with van der Waals surface area (Å²) in [6.07, 6.45) is 66.7. The zero-order valence-corrected chi connectivity index (χ0v) is 39.8. The first-order chi connectivity index (χ1) is 30.5. The molecule has 1 atom stereocenters. The zero-order chi connectivity index (χ0) is 45.1. The lowest BCUT2D eigenvalue weighted by molar-refractivity contribution is -0.167. The summed E-state index contributed by atoms with van der Waals surface area (Å²) in [6, 6.07) is 0. The fraction of sp³-hybridized carbons (Fsp3) is 0.625. The third-order valence-electron chi connectivity index (χ3n) is 10.0. The van der Waals surface area contributed by atoms with Gasteiger partial charge in [-0.1, -0.05) is 194 Å². The third-order valence-corrected chi connectivity index (χ3v) is 10.0. The van der Waals surface area contributed by atoms with Crippen LogP contribution in [0.15, 0.2) is 109 Å². The monoisotopic (exact) mass is 859 g/mol. The normalized spacial score (nSPS) is 13.0. The van der Waals surface area contributed by atoms with E-state index < -0.39 is 6.10 Å². The van der Waals surface area contributed by atoms with E-state index in [0.29, 0.717) is 19.3 Å². The first-order valence-corrected chi connectivity index (χ1v) is 24.9. The SMILES string of the molecule is CC/C=C\C/C=C\C/C=C\C/C=C\C/C=C\CCCCCCCCCC(=O)OCC(COC(=O)CCCCCCCC)OC(=O)CCCC/C=C\C/C=C\C/C=C\C/C=C\CC. The second-order valence-electron chi connectivity index (χ2n) is 16.0. The lowest BCUT2D eigenvalue weighted by Gasteiger charge is -2.18. The fourth-order valence-electron chi connectivity index (χ4n) is 6.34. The lowest BCUT2D eigenvalue weighted by Crippen LogP contribution is -2.30. The average molecular weight is 859 g/mol. The molecule has 0 aromatic rings. The Morgan fingerprint density at radius 3 is 1.02 bits per heavy atom. The number of carbonyl (C=O) groups is 3. The molecule has 0 radical (unpaired) electrons. The van der Waals surface area contributed by atoms with Crippen molar-refractivity contribution < 1.29 is 28.6 Å². The number of hydrogen-bond donors (Lipinski definition) is 0. The molecule has 62 heavy (non-hydrogen) atoms. The highest BCUT2D eigenvalue weighted by molar-refractivity contribution is 5.71. The van der Waals surface area contributed by atoms with E-state index in [4.69, 9.17) is 14.2 Å². The van der Waals surface area contributed by atoms with E-state index >= 15 is 0 Å². The molecule has 350 valence electrons. The van der Waals surface area contributed by atoms with Crippen LogP contribution in [-0.4, -0.2) is 37.2 Å². The van der Waals surface area contributed by atoms with Crippen molar-refractivity contribution in [1.82, 2.24) is 0 Å². The van der Waals surface area contributed by atoms with Crippen LogP contribution in [0.1, 0.15) is 207 Å². The van der Waals surface area contributed by atoms with Crippen LogP contribution < -0.4 is 0 Å². The van der Waals surface area contributed by atoms with Crippen molar-refractivity contribution in [1.29, 1.82) is 0 Å². The number of hydrogen-bond acceptors (Lipinski definition) is 6. The summed E-state index contributed by atoms with van der Waals surface area (Å²) in [5.74, 6) is -0.972. The Morgan fingerprint density at radius 1 is 0.339 bits per heavy atom. The summed E-state index contributed by atoms with van der Waals surface area (Å²) in [5.41, 5.74) is 0. The van der Waals surface area contributed by atoms with E-state index in [2.05, 4.69) is 130 Å². The van der Waals surface area contributed by atoms with Gasteiger partial charge in [0.15, 0.2) is 6.10 Å². The van der Waals surface area contributed by atoms with Gasteiger partial charge in [0.1, 0.15) is 13.2 Å². The Hall–Kier alpha value is -3.93. The van der Waals surface area contributed by atoms with E-state index in [9.17, 15) is 14.4 Å². The second-order valence-corrected chi connectivity index (χ2v) is 16.0. The lowest BCUT2D eigenvalue weighted by atomic mass is 10.1. The molecule has 0 saturated carbocycles. The van der Waals surface area contributed by atoms with E-state index in [1.165, 1.54) is 44.9 Å². The van der Waals surface area contributed by atoms with Gasteiger partial charge in [0.05, 0.1) is 0 Å². The molecule has 0 aliphatic rings. The summed E-state index contributed by atoms with van der Waals surface area (Å²) in [5, 5.41) is 0. The van der Waals surface area contributed by atoms with E-state index in [1.54, 1.807) is 0 Å². The zero-order valence-electron chi connectivity index (χ0n) is 39.8. The minimum Gasteiger partial charge on any atom is -0.462 e. The third kappa shape index (κ3) is 47.1. The van der Waals surface area contributed by atoms with Gasteiger partial charge in [0.2, 0.25) is 0 Å². The van der Waals surface area contributed by atoms with E-state index in [-0.39, 0.29) is 37.5 Å². The Balaban J connectivity index is 4.29. The van der Waals surface area contributed by atoms with Crippen molar-refractivity contribution in [2.24, 2.45) is 0 Å². The number of ether oxygens (including phenoxy) is 3. The van der Waals surface area contributed by atoms with Crippen molar-refractivity contribution in [3.63, 3.8) is 0 Å². The van der Waals surface area contributed by atoms with Gasteiger partial charge in [0, 0.05) is 19.3 Å². The Labute approximate surface area is 380 Å². The van der Waals surface area contributed by atoms with Gasteiger partial charge in [0.25, 0.3) is 0 Å². The molecule has 0 amide bonds. The van der Waals surface area contributed by atoms with Crippen LogP contribution in [0.3, 0.4) is 0 Å². The predicted octanol–water partition coefficient (Wildman–Crippen LogP) is 16.4. The number of esters is 3. The Morgan fingerprint density at radius 2 is 0.629 bits per heavy atom. The van der Waals surface area contributed by atoms with E-state index in [1.807, 2.05) is 0 Å². The number of allylic oxidation sites excluding steroid dienone is 18. The van der Waals surface area contributed by atoms with Gasteiger partial charge >= 0.3 is 17.9 Å². The van der Waals surface area contributed by atoms with Crippen LogP contribution >= 0.6 is 0 Å². The highest BCUT2D eigenvalue weighted by Crippen LogP contribution is 2.13. The van der Waals surface area contributed by atoms with Crippen molar-refractivity contribution in [2.45, 2.75) is 213 Å². The fourth-order valence-corrected chi connectivity index (χ4v) is 6.34. The van der Waals surface area contributed by atoms with Gasteiger partial charge in [-0.05, 0) is 103 Å². The molecule has 0 aromatic heterocycles. The summed E-state index contributed by atoms with van der Waals surface area (Å²) in [4.78, 5) is 37.7. The first kappa shape index (κ1) is 58.1. The molecule has 0 aliphatic carbocycles. The maximum absolute atomic E-state index is 12.7. The van der Waals surface area contributed by atoms with Gasteiger partial charge in [-0.3, -0.25) is 14.4 Å². The number of carbonyl (C=O) groups excluding carboxylic acids is 3. The van der Waals surface area contributed by atoms with Crippen LogP contribution in [0.4, 0.5) is 0 Å². The maximum Gasteiger partial charge on any atom is 0.306 e. The first-order valence-electron chi connectivity index (χ1n) is 24.9. The van der Waals surface area contributed by atoms with Gasteiger partial charge in [-0.2, -0.15) is 0 Å². The minimum atomic E-state index is -0.802. The smallest absolute Gasteiger partial charge is 0.306 e. The van der Waals surface area contributed by atoms with Gasteiger partial charge < -0.3 is 14.2 Å². The molecule has 6 nitrogen and oxygen atoms in total. The molecule has 0 spiro atoms. The summed E-state index contributed by atoms with van der Waals surface area (Å²) < 4.78 is 16.6. The molecule has 6 heteroatoms. The molecule has 1 unspecified atom stereocenters. The maximum atomic E-state index is 12.7. The quantitative estimate of drug-likeness (QED) is 0.0263. The minimum absolute atomic E-state index is 0.100. The van der Waals surface area contributed by atoms with Crippen molar-refractivity contribution in [3.8, 4) is 0 Å². The molecule has 0 rings (SSSR count). The van der Waals surface area contributed by atoms with Gasteiger partial charge in [-0.25, -0.2) is 0 Å². The molecule has 0 bridgehead atoms. The van der Waals surface area contributed by atoms with E-state index in [0.717, 1.165) is 116 Å². The summed E-state index contributed by atoms with van der Waals surface area (Å²) in [6.45, 7) is 6.28. The van der Waals surface area contributed by atoms with Crippen LogP contribution in [0.2, 0.25) is 0 Å². The van der Waals surface area contributed by atoms with Crippen molar-refractivity contribution >= 4 is 17.9 Å². The van der Waals surface area contributed by atoms with Crippen LogP contribution in [0.5, 0.6) is 0 Å². The van der Waals surface area contributed by atoms with Crippen LogP contribution in [0, 0.1) is 0 Å². The summed E-state index contributed by atoms with van der Waals surface area (Å²) >= 11 is 0. The molecule has 0 N–H and O–H groups in total. The molecule has 0 heterocycles. The van der Waals surface area contributed by atoms with Crippen LogP contribution in [0.25, 0.3) is 0 Å². The van der Waals surface area contributed by atoms with Crippen molar-refractivity contribution in [3.05, 3.63) is 109 Å². The predicted molar refractivity (Wildman–Crippen MR) is 265 cm³/mol. The summed E-state index contributed by atoms with van der Waals surface area (Å²) in [7, 11) is 0. The molecule has 0 aromatic carbocycles. The number of rotatable bonds is 43. The largest absolute Gasteiger partial charge is 0.462 e. The number of unbranched alkanes of at least 4 members (excludes halogenated alkanes) is 14. The topological polar surface area (TPSA) is 78.9 Å². The highest BCUT2D eigenvalue weighted by Gasteiger charge is 2.19. The molecular weight excluding hydrogens is 769 g/mol. The molecular formula is C56H90O6. The Bertz CT molecular complexity index is 1310.